The normalized spacial score (nSPS) is 10.9. The van der Waals surface area contributed by atoms with Crippen LogP contribution in [0.3, 0.4) is 0 Å². The predicted molar refractivity (Wildman–Crippen MR) is 65.7 cm³/mol. The van der Waals surface area contributed by atoms with Crippen LogP contribution < -0.4 is 4.74 Å². The van der Waals surface area contributed by atoms with Gasteiger partial charge in [-0.1, -0.05) is 13.0 Å². The monoisotopic (exact) mass is 259 g/mol. The van der Waals surface area contributed by atoms with Crippen LogP contribution in [0, 0.1) is 11.6 Å². The van der Waals surface area contributed by atoms with Crippen molar-refractivity contribution in [2.75, 3.05) is 32.8 Å². The Morgan fingerprint density at radius 1 is 1.22 bits per heavy atom. The average Bonchev–Trinajstić information content (AvgIpc) is 2.35. The molecule has 0 saturated carbocycles. The van der Waals surface area contributed by atoms with Gasteiger partial charge in [0, 0.05) is 13.1 Å². The van der Waals surface area contributed by atoms with Crippen LogP contribution in [0.15, 0.2) is 18.2 Å². The lowest BCUT2D eigenvalue weighted by Gasteiger charge is -2.20. The Bertz CT molecular complexity index is 355. The quantitative estimate of drug-likeness (QED) is 0.775. The summed E-state index contributed by atoms with van der Waals surface area (Å²) in [4.78, 5) is 2.01. The zero-order valence-corrected chi connectivity index (χ0v) is 10.5. The number of aliphatic hydroxyl groups is 1. The maximum atomic E-state index is 13.3. The Kier molecular flexibility index (Phi) is 6.60. The van der Waals surface area contributed by atoms with Gasteiger partial charge in [0.15, 0.2) is 11.6 Å². The topological polar surface area (TPSA) is 32.7 Å². The first-order valence-electron chi connectivity index (χ1n) is 6.09. The Morgan fingerprint density at radius 2 is 2.00 bits per heavy atom. The van der Waals surface area contributed by atoms with Gasteiger partial charge in [-0.05, 0) is 25.1 Å². The number of aliphatic hydroxyl groups excluding tert-OH is 1. The van der Waals surface area contributed by atoms with E-state index in [1.54, 1.807) is 0 Å². The van der Waals surface area contributed by atoms with E-state index in [0.29, 0.717) is 13.1 Å². The van der Waals surface area contributed by atoms with Gasteiger partial charge >= 0.3 is 0 Å². The molecule has 0 atom stereocenters. The molecule has 18 heavy (non-hydrogen) atoms. The third-order valence-corrected chi connectivity index (χ3v) is 2.54. The van der Waals surface area contributed by atoms with Gasteiger partial charge < -0.3 is 9.84 Å². The number of ether oxygens (including phenoxy) is 1. The van der Waals surface area contributed by atoms with Gasteiger partial charge in [0.1, 0.15) is 6.61 Å². The second-order valence-electron chi connectivity index (χ2n) is 3.97. The summed E-state index contributed by atoms with van der Waals surface area (Å²) in [6.45, 7) is 4.36. The van der Waals surface area contributed by atoms with Crippen LogP contribution in [-0.4, -0.2) is 42.9 Å². The number of halogens is 2. The average molecular weight is 259 g/mol. The van der Waals surface area contributed by atoms with E-state index in [-0.39, 0.29) is 19.0 Å². The Hall–Kier alpha value is -1.20. The molecule has 0 fully saturated rings. The van der Waals surface area contributed by atoms with Crippen molar-refractivity contribution in [1.82, 2.24) is 4.90 Å². The maximum absolute atomic E-state index is 13.3. The summed E-state index contributed by atoms with van der Waals surface area (Å²) in [6.07, 6.45) is 0.967. The number of benzene rings is 1. The fourth-order valence-corrected chi connectivity index (χ4v) is 1.67. The highest BCUT2D eigenvalue weighted by atomic mass is 19.2. The molecule has 0 amide bonds. The molecule has 0 aliphatic heterocycles. The van der Waals surface area contributed by atoms with Crippen LogP contribution in [0.5, 0.6) is 5.75 Å². The molecule has 0 aromatic heterocycles. The fraction of sp³-hybridized carbons (Fsp3) is 0.538. The molecule has 0 aliphatic rings. The number of hydrogen-bond acceptors (Lipinski definition) is 3. The largest absolute Gasteiger partial charge is 0.489 e. The van der Waals surface area contributed by atoms with Gasteiger partial charge in [-0.2, -0.15) is 4.39 Å². The standard InChI is InChI=1S/C13H19F2NO2/c1-2-6-16(7-9-17)8-10-18-12-5-3-4-11(14)13(12)15/h3-5,17H,2,6-10H2,1H3. The molecule has 1 rings (SSSR count). The van der Waals surface area contributed by atoms with Crippen molar-refractivity contribution in [2.24, 2.45) is 0 Å². The van der Waals surface area contributed by atoms with Gasteiger partial charge in [-0.3, -0.25) is 4.90 Å². The molecule has 0 heterocycles. The predicted octanol–water partition coefficient (Wildman–Crippen LogP) is 2.05. The first-order chi connectivity index (χ1) is 8.69. The van der Waals surface area contributed by atoms with E-state index < -0.39 is 11.6 Å². The lowest BCUT2D eigenvalue weighted by molar-refractivity contribution is 0.166. The molecule has 3 nitrogen and oxygen atoms in total. The van der Waals surface area contributed by atoms with Crippen molar-refractivity contribution < 1.29 is 18.6 Å². The van der Waals surface area contributed by atoms with E-state index in [1.807, 2.05) is 11.8 Å². The molecule has 0 saturated heterocycles. The fourth-order valence-electron chi connectivity index (χ4n) is 1.67. The van der Waals surface area contributed by atoms with Crippen molar-refractivity contribution in [3.63, 3.8) is 0 Å². The molecule has 0 unspecified atom stereocenters. The highest BCUT2D eigenvalue weighted by Gasteiger charge is 2.09. The van der Waals surface area contributed by atoms with Crippen LogP contribution in [0.2, 0.25) is 0 Å². The van der Waals surface area contributed by atoms with Crippen molar-refractivity contribution in [1.29, 1.82) is 0 Å². The van der Waals surface area contributed by atoms with Crippen molar-refractivity contribution in [2.45, 2.75) is 13.3 Å². The lowest BCUT2D eigenvalue weighted by Crippen LogP contribution is -2.31. The van der Waals surface area contributed by atoms with Crippen LogP contribution >= 0.6 is 0 Å². The molecule has 0 spiro atoms. The van der Waals surface area contributed by atoms with Gasteiger partial charge in [0.25, 0.3) is 0 Å². The zero-order chi connectivity index (χ0) is 13.4. The number of nitrogens with zero attached hydrogens (tertiary/aromatic N) is 1. The minimum Gasteiger partial charge on any atom is -0.489 e. The SMILES string of the molecule is CCCN(CCO)CCOc1cccc(F)c1F. The summed E-state index contributed by atoms with van der Waals surface area (Å²) in [5.41, 5.74) is 0. The Morgan fingerprint density at radius 3 is 2.67 bits per heavy atom. The highest BCUT2D eigenvalue weighted by Crippen LogP contribution is 2.18. The van der Waals surface area contributed by atoms with Crippen LogP contribution in [0.1, 0.15) is 13.3 Å². The summed E-state index contributed by atoms with van der Waals surface area (Å²) in [5.74, 6) is -1.94. The molecule has 1 aromatic rings. The van der Waals surface area contributed by atoms with E-state index in [0.717, 1.165) is 19.0 Å². The van der Waals surface area contributed by atoms with Gasteiger partial charge in [-0.25, -0.2) is 4.39 Å². The molecule has 1 N–H and O–H groups in total. The van der Waals surface area contributed by atoms with Gasteiger partial charge in [0.2, 0.25) is 5.82 Å². The molecular weight excluding hydrogens is 240 g/mol. The Labute approximate surface area is 106 Å². The minimum absolute atomic E-state index is 0.0737. The summed E-state index contributed by atoms with van der Waals surface area (Å²) in [7, 11) is 0. The molecular formula is C13H19F2NO2. The van der Waals surface area contributed by atoms with E-state index in [9.17, 15) is 8.78 Å². The maximum Gasteiger partial charge on any atom is 0.200 e. The third-order valence-electron chi connectivity index (χ3n) is 2.54. The van der Waals surface area contributed by atoms with Crippen molar-refractivity contribution in [3.05, 3.63) is 29.8 Å². The molecule has 5 heteroatoms. The smallest absolute Gasteiger partial charge is 0.200 e. The molecule has 0 radical (unpaired) electrons. The van der Waals surface area contributed by atoms with Crippen LogP contribution in [-0.2, 0) is 0 Å². The minimum atomic E-state index is -0.957. The molecule has 0 bridgehead atoms. The number of hydrogen-bond donors (Lipinski definition) is 1. The summed E-state index contributed by atoms with van der Waals surface area (Å²) < 4.78 is 31.4. The first-order valence-corrected chi connectivity index (χ1v) is 6.09. The molecule has 0 aliphatic carbocycles. The van der Waals surface area contributed by atoms with Gasteiger partial charge in [-0.15, -0.1) is 0 Å². The molecule has 1 aromatic carbocycles. The second-order valence-corrected chi connectivity index (χ2v) is 3.97. The highest BCUT2D eigenvalue weighted by molar-refractivity contribution is 5.24. The van der Waals surface area contributed by atoms with E-state index in [1.165, 1.54) is 12.1 Å². The zero-order valence-electron chi connectivity index (χ0n) is 10.5. The third kappa shape index (κ3) is 4.58. The summed E-state index contributed by atoms with van der Waals surface area (Å²) in [5, 5.41) is 8.87. The first kappa shape index (κ1) is 14.9. The summed E-state index contributed by atoms with van der Waals surface area (Å²) >= 11 is 0. The van der Waals surface area contributed by atoms with Gasteiger partial charge in [0.05, 0.1) is 6.61 Å². The number of rotatable bonds is 8. The van der Waals surface area contributed by atoms with E-state index in [2.05, 4.69) is 0 Å². The Balaban J connectivity index is 2.42. The second kappa shape index (κ2) is 8.00. The van der Waals surface area contributed by atoms with Crippen molar-refractivity contribution in [3.8, 4) is 5.75 Å². The van der Waals surface area contributed by atoms with Crippen LogP contribution in [0.25, 0.3) is 0 Å². The van der Waals surface area contributed by atoms with Crippen molar-refractivity contribution >= 4 is 0 Å². The molecule has 102 valence electrons. The lowest BCUT2D eigenvalue weighted by atomic mass is 10.3. The summed E-state index contributed by atoms with van der Waals surface area (Å²) in [6, 6.07) is 3.86. The van der Waals surface area contributed by atoms with Crippen LogP contribution in [0.4, 0.5) is 8.78 Å². The van der Waals surface area contributed by atoms with E-state index >= 15 is 0 Å². The van der Waals surface area contributed by atoms with E-state index in [4.69, 9.17) is 9.84 Å².